The third-order valence-corrected chi connectivity index (χ3v) is 8.75. The Bertz CT molecular complexity index is 1530. The predicted octanol–water partition coefficient (Wildman–Crippen LogP) is 6.50. The Kier molecular flexibility index (Phi) is 13.9. The smallest absolute Gasteiger partial charge is 0.243 e. The van der Waals surface area contributed by atoms with Crippen LogP contribution in [0.3, 0.4) is 0 Å². The summed E-state index contributed by atoms with van der Waals surface area (Å²) in [4.78, 5) is 25.9. The summed E-state index contributed by atoms with van der Waals surface area (Å²) in [5.74, 6) is -0.448. The van der Waals surface area contributed by atoms with Gasteiger partial charge in [-0.15, -0.1) is 0 Å². The average molecular weight is 666 g/mol. The first kappa shape index (κ1) is 35.9. The summed E-state index contributed by atoms with van der Waals surface area (Å²) in [6, 6.07) is 36.9. The van der Waals surface area contributed by atoms with E-state index in [1.807, 2.05) is 60.7 Å². The molecule has 49 heavy (non-hydrogen) atoms. The fraction of sp³-hybridized carbons (Fsp3) is 0.350. The maximum atomic E-state index is 12.4. The van der Waals surface area contributed by atoms with Crippen molar-refractivity contribution in [1.29, 1.82) is 0 Å². The van der Waals surface area contributed by atoms with Gasteiger partial charge < -0.3 is 19.9 Å². The summed E-state index contributed by atoms with van der Waals surface area (Å²) in [7, 11) is 0. The van der Waals surface area contributed by atoms with Crippen molar-refractivity contribution < 1.29 is 29.4 Å². The normalized spacial score (nSPS) is 17.5. The van der Waals surface area contributed by atoms with Crippen molar-refractivity contribution in [3.63, 3.8) is 0 Å². The molecule has 4 aromatic rings. The molecule has 2 amide bonds. The second-order valence-corrected chi connectivity index (χ2v) is 12.6. The summed E-state index contributed by atoms with van der Waals surface area (Å²) in [5, 5.41) is 21.1. The molecule has 1 aliphatic rings. The largest absolute Gasteiger partial charge is 0.392 e. The number of ether oxygens (including phenoxy) is 2. The van der Waals surface area contributed by atoms with Crippen molar-refractivity contribution in [2.45, 2.75) is 83.3 Å². The Morgan fingerprint density at radius 3 is 1.84 bits per heavy atom. The molecule has 5 rings (SSSR count). The van der Waals surface area contributed by atoms with Gasteiger partial charge in [0.25, 0.3) is 0 Å². The van der Waals surface area contributed by atoms with Crippen LogP contribution in [0, 0.1) is 0 Å². The van der Waals surface area contributed by atoms with Gasteiger partial charge in [-0.1, -0.05) is 116 Å². The van der Waals surface area contributed by atoms with E-state index in [9.17, 15) is 14.7 Å². The van der Waals surface area contributed by atoms with E-state index in [1.54, 1.807) is 5.48 Å². The molecule has 1 fully saturated rings. The van der Waals surface area contributed by atoms with Crippen LogP contribution in [0.4, 0.5) is 0 Å². The first-order chi connectivity index (χ1) is 24.0. The van der Waals surface area contributed by atoms with Gasteiger partial charge in [0.05, 0.1) is 18.8 Å². The average Bonchev–Trinajstić information content (AvgIpc) is 3.14. The number of carbonyl (C=O) groups is 2. The molecule has 258 valence electrons. The van der Waals surface area contributed by atoms with Crippen molar-refractivity contribution in [1.82, 2.24) is 15.7 Å². The molecule has 0 aliphatic carbocycles. The summed E-state index contributed by atoms with van der Waals surface area (Å²) >= 11 is 0. The summed E-state index contributed by atoms with van der Waals surface area (Å²) < 4.78 is 13.3. The van der Waals surface area contributed by atoms with Crippen molar-refractivity contribution >= 4 is 11.8 Å². The van der Waals surface area contributed by atoms with Crippen molar-refractivity contribution in [3.05, 3.63) is 143 Å². The highest BCUT2D eigenvalue weighted by Gasteiger charge is 2.33. The number of hydrogen-bond acceptors (Lipinski definition) is 7. The zero-order valence-electron chi connectivity index (χ0n) is 27.9. The lowest BCUT2D eigenvalue weighted by Crippen LogP contribution is -2.39. The lowest BCUT2D eigenvalue weighted by Gasteiger charge is -2.38. The molecule has 3 unspecified atom stereocenters. The second-order valence-electron chi connectivity index (χ2n) is 12.6. The highest BCUT2D eigenvalue weighted by Crippen LogP contribution is 2.38. The van der Waals surface area contributed by atoms with Gasteiger partial charge in [0, 0.05) is 51.0 Å². The van der Waals surface area contributed by atoms with E-state index < -0.39 is 12.2 Å². The van der Waals surface area contributed by atoms with Gasteiger partial charge in [0.1, 0.15) is 0 Å². The summed E-state index contributed by atoms with van der Waals surface area (Å²) in [6.07, 6.45) is 2.49. The first-order valence-corrected chi connectivity index (χ1v) is 17.1. The van der Waals surface area contributed by atoms with Gasteiger partial charge in [0.2, 0.25) is 11.8 Å². The van der Waals surface area contributed by atoms with Gasteiger partial charge in [-0.05, 0) is 40.7 Å². The van der Waals surface area contributed by atoms with Crippen LogP contribution < -0.4 is 10.8 Å². The Balaban J connectivity index is 1.25. The number of aliphatic hydroxyl groups excluding tert-OH is 1. The lowest BCUT2D eigenvalue weighted by molar-refractivity contribution is -0.253. The SMILES string of the molecule is O=C(CCCCCC(=O)NCc1ccc(C2OC(CN(Cc3ccccc3)Cc3ccccc3)CC(c3ccc(CO)cc3)O2)cc1)NO. The number of nitrogens with zero attached hydrogens (tertiary/aromatic N) is 1. The molecule has 0 bridgehead atoms. The van der Waals surface area contributed by atoms with Crippen LogP contribution in [0.5, 0.6) is 0 Å². The van der Waals surface area contributed by atoms with E-state index in [0.717, 1.165) is 41.8 Å². The number of hydroxylamine groups is 1. The monoisotopic (exact) mass is 665 g/mol. The molecular weight excluding hydrogens is 618 g/mol. The summed E-state index contributed by atoms with van der Waals surface area (Å²) in [6.45, 7) is 2.70. The highest BCUT2D eigenvalue weighted by atomic mass is 16.7. The Labute approximate surface area is 288 Å². The van der Waals surface area contributed by atoms with Crippen molar-refractivity contribution in [2.24, 2.45) is 0 Å². The predicted molar refractivity (Wildman–Crippen MR) is 187 cm³/mol. The standard InChI is InChI=1S/C40H47N3O6/c44-29-33-18-20-34(21-19-33)37-24-36(28-43(26-31-10-4-1-5-11-31)27-32-12-6-2-7-13-32)48-40(49-37)35-22-16-30(17-23-35)25-41-38(45)14-8-3-9-15-39(46)42-47/h1-2,4-7,10-13,16-23,36-37,40,44,47H,3,8-9,14-15,24-29H2,(H,41,45)(H,42,46). The Hall–Kier alpha value is -4.38. The third kappa shape index (κ3) is 11.6. The summed E-state index contributed by atoms with van der Waals surface area (Å²) in [5.41, 5.74) is 7.89. The van der Waals surface area contributed by atoms with E-state index in [1.165, 1.54) is 11.1 Å². The number of amides is 2. The third-order valence-electron chi connectivity index (χ3n) is 8.75. The number of hydrogen-bond donors (Lipinski definition) is 4. The molecule has 0 aromatic heterocycles. The van der Waals surface area contributed by atoms with Crippen LogP contribution in [-0.2, 0) is 45.3 Å². The van der Waals surface area contributed by atoms with Crippen LogP contribution in [0.2, 0.25) is 0 Å². The highest BCUT2D eigenvalue weighted by molar-refractivity contribution is 5.76. The fourth-order valence-electron chi connectivity index (χ4n) is 6.07. The van der Waals surface area contributed by atoms with E-state index >= 15 is 0 Å². The Morgan fingerprint density at radius 1 is 0.673 bits per heavy atom. The molecule has 0 saturated carbocycles. The lowest BCUT2D eigenvalue weighted by atomic mass is 9.99. The van der Waals surface area contributed by atoms with E-state index in [0.29, 0.717) is 38.8 Å². The molecular formula is C40H47N3O6. The van der Waals surface area contributed by atoms with Crippen LogP contribution in [0.25, 0.3) is 0 Å². The van der Waals surface area contributed by atoms with Crippen molar-refractivity contribution in [2.75, 3.05) is 6.54 Å². The maximum absolute atomic E-state index is 12.4. The van der Waals surface area contributed by atoms with Gasteiger partial charge in [-0.2, -0.15) is 0 Å². The van der Waals surface area contributed by atoms with Crippen LogP contribution in [-0.4, -0.2) is 39.7 Å². The van der Waals surface area contributed by atoms with E-state index in [2.05, 4.69) is 58.7 Å². The minimum atomic E-state index is -0.576. The second kappa shape index (κ2) is 19.0. The Morgan fingerprint density at radius 2 is 1.24 bits per heavy atom. The number of unbranched alkanes of at least 4 members (excludes halogenated alkanes) is 2. The van der Waals surface area contributed by atoms with Crippen LogP contribution in [0.15, 0.2) is 109 Å². The molecule has 0 radical (unpaired) electrons. The molecule has 9 nitrogen and oxygen atoms in total. The fourth-order valence-corrected chi connectivity index (χ4v) is 6.07. The number of aliphatic hydroxyl groups is 1. The topological polar surface area (TPSA) is 120 Å². The number of carbonyl (C=O) groups excluding carboxylic acids is 2. The van der Waals surface area contributed by atoms with E-state index in [4.69, 9.17) is 14.7 Å². The molecule has 1 aliphatic heterocycles. The molecule has 3 atom stereocenters. The van der Waals surface area contributed by atoms with E-state index in [-0.39, 0.29) is 31.1 Å². The number of benzene rings is 4. The van der Waals surface area contributed by atoms with Crippen LogP contribution in [0.1, 0.15) is 84.3 Å². The minimum absolute atomic E-state index is 0.00753. The zero-order valence-corrected chi connectivity index (χ0v) is 27.9. The maximum Gasteiger partial charge on any atom is 0.243 e. The van der Waals surface area contributed by atoms with Gasteiger partial charge in [0.15, 0.2) is 6.29 Å². The van der Waals surface area contributed by atoms with Crippen molar-refractivity contribution in [3.8, 4) is 0 Å². The number of rotatable bonds is 17. The van der Waals surface area contributed by atoms with Gasteiger partial charge in [-0.3, -0.25) is 19.7 Å². The number of nitrogens with one attached hydrogen (secondary N) is 2. The first-order valence-electron chi connectivity index (χ1n) is 17.1. The molecule has 1 saturated heterocycles. The molecule has 0 spiro atoms. The minimum Gasteiger partial charge on any atom is -0.392 e. The molecule has 4 aromatic carbocycles. The van der Waals surface area contributed by atoms with Gasteiger partial charge >= 0.3 is 0 Å². The van der Waals surface area contributed by atoms with Crippen LogP contribution >= 0.6 is 0 Å². The molecule has 9 heteroatoms. The quantitative estimate of drug-likeness (QED) is 0.0578. The van der Waals surface area contributed by atoms with Gasteiger partial charge in [-0.25, -0.2) is 5.48 Å². The molecule has 4 N–H and O–H groups in total. The molecule has 1 heterocycles. The zero-order chi connectivity index (χ0) is 34.3.